The SMILES string of the molecule is CC(CCc1ccccc1)n1c(N)nc2cc(F)ccc21. The fourth-order valence-corrected chi connectivity index (χ4v) is 2.70. The van der Waals surface area contributed by atoms with Crippen LogP contribution in [0.2, 0.25) is 0 Å². The van der Waals surface area contributed by atoms with E-state index in [1.54, 1.807) is 6.07 Å². The predicted octanol–water partition coefficient (Wildman–Crippen LogP) is 3.95. The summed E-state index contributed by atoms with van der Waals surface area (Å²) in [5.74, 6) is 0.153. The minimum absolute atomic E-state index is 0.209. The molecule has 0 radical (unpaired) electrons. The highest BCUT2D eigenvalue weighted by Crippen LogP contribution is 2.26. The van der Waals surface area contributed by atoms with Gasteiger partial charge in [-0.2, -0.15) is 0 Å². The Morgan fingerprint density at radius 1 is 1.19 bits per heavy atom. The monoisotopic (exact) mass is 283 g/mol. The molecule has 21 heavy (non-hydrogen) atoms. The fourth-order valence-electron chi connectivity index (χ4n) is 2.70. The summed E-state index contributed by atoms with van der Waals surface area (Å²) in [6.45, 7) is 2.11. The van der Waals surface area contributed by atoms with E-state index in [2.05, 4.69) is 24.0 Å². The first-order valence-electron chi connectivity index (χ1n) is 7.12. The van der Waals surface area contributed by atoms with E-state index in [1.165, 1.54) is 17.7 Å². The van der Waals surface area contributed by atoms with Gasteiger partial charge in [0.1, 0.15) is 5.82 Å². The van der Waals surface area contributed by atoms with Gasteiger partial charge < -0.3 is 10.3 Å². The van der Waals surface area contributed by atoms with Crippen LogP contribution in [0.4, 0.5) is 10.3 Å². The van der Waals surface area contributed by atoms with Crippen LogP contribution < -0.4 is 5.73 Å². The van der Waals surface area contributed by atoms with E-state index in [0.717, 1.165) is 18.4 Å². The molecule has 3 nitrogen and oxygen atoms in total. The second-order valence-electron chi connectivity index (χ2n) is 5.35. The number of nitrogens with two attached hydrogens (primary N) is 1. The Balaban J connectivity index is 1.84. The fraction of sp³-hybridized carbons (Fsp3) is 0.235. The molecule has 3 rings (SSSR count). The summed E-state index contributed by atoms with van der Waals surface area (Å²) in [5.41, 5.74) is 8.80. The Kier molecular flexibility index (Phi) is 3.60. The quantitative estimate of drug-likeness (QED) is 0.788. The normalized spacial score (nSPS) is 12.7. The summed E-state index contributed by atoms with van der Waals surface area (Å²) in [6, 6.07) is 15.2. The molecule has 0 saturated carbocycles. The summed E-state index contributed by atoms with van der Waals surface area (Å²) >= 11 is 0. The number of hydrogen-bond donors (Lipinski definition) is 1. The number of aromatic nitrogens is 2. The molecule has 1 unspecified atom stereocenters. The Bertz CT molecular complexity index is 749. The van der Waals surface area contributed by atoms with Crippen LogP contribution in [0.1, 0.15) is 24.9 Å². The van der Waals surface area contributed by atoms with Gasteiger partial charge in [0.2, 0.25) is 5.95 Å². The molecule has 1 aromatic heterocycles. The highest BCUT2D eigenvalue weighted by atomic mass is 19.1. The van der Waals surface area contributed by atoms with Crippen LogP contribution >= 0.6 is 0 Å². The second-order valence-corrected chi connectivity index (χ2v) is 5.35. The number of rotatable bonds is 4. The first kappa shape index (κ1) is 13.6. The summed E-state index contributed by atoms with van der Waals surface area (Å²) < 4.78 is 15.2. The molecule has 0 spiro atoms. The van der Waals surface area contributed by atoms with Crippen molar-refractivity contribution in [1.29, 1.82) is 0 Å². The number of hydrogen-bond acceptors (Lipinski definition) is 2. The van der Waals surface area contributed by atoms with Gasteiger partial charge in [-0.25, -0.2) is 9.37 Å². The lowest BCUT2D eigenvalue weighted by molar-refractivity contribution is 0.525. The van der Waals surface area contributed by atoms with Crippen LogP contribution in [0.5, 0.6) is 0 Å². The van der Waals surface area contributed by atoms with Gasteiger partial charge in [-0.15, -0.1) is 0 Å². The molecule has 0 bridgehead atoms. The van der Waals surface area contributed by atoms with Crippen molar-refractivity contribution in [3.63, 3.8) is 0 Å². The van der Waals surface area contributed by atoms with Crippen LogP contribution in [0, 0.1) is 5.82 Å². The van der Waals surface area contributed by atoms with Crippen LogP contribution in [0.3, 0.4) is 0 Å². The van der Waals surface area contributed by atoms with Gasteiger partial charge in [0.25, 0.3) is 0 Å². The summed E-state index contributed by atoms with van der Waals surface area (Å²) in [7, 11) is 0. The van der Waals surface area contributed by atoms with Gasteiger partial charge in [-0.3, -0.25) is 0 Å². The molecule has 0 aliphatic rings. The van der Waals surface area contributed by atoms with Gasteiger partial charge in [0.15, 0.2) is 0 Å². The van der Waals surface area contributed by atoms with Crippen molar-refractivity contribution in [2.75, 3.05) is 5.73 Å². The van der Waals surface area contributed by atoms with Gasteiger partial charge in [-0.05, 0) is 37.5 Å². The van der Waals surface area contributed by atoms with Gasteiger partial charge in [-0.1, -0.05) is 30.3 Å². The van der Waals surface area contributed by atoms with Crippen molar-refractivity contribution in [2.24, 2.45) is 0 Å². The van der Waals surface area contributed by atoms with E-state index in [1.807, 2.05) is 22.8 Å². The molecule has 1 atom stereocenters. The lowest BCUT2D eigenvalue weighted by atomic mass is 10.1. The van der Waals surface area contributed by atoms with Crippen molar-refractivity contribution < 1.29 is 4.39 Å². The molecule has 1 heterocycles. The topological polar surface area (TPSA) is 43.8 Å². The first-order chi connectivity index (χ1) is 10.1. The standard InChI is InChI=1S/C17H18FN3/c1-12(7-8-13-5-3-2-4-6-13)21-16-10-9-14(18)11-15(16)20-17(21)19/h2-6,9-12H,7-8H2,1H3,(H2,19,20). The van der Waals surface area contributed by atoms with Gasteiger partial charge in [0.05, 0.1) is 11.0 Å². The number of imidazole rings is 1. The molecule has 0 amide bonds. The minimum atomic E-state index is -0.288. The largest absolute Gasteiger partial charge is 0.369 e. The minimum Gasteiger partial charge on any atom is -0.369 e. The average molecular weight is 283 g/mol. The Morgan fingerprint density at radius 2 is 1.95 bits per heavy atom. The first-order valence-corrected chi connectivity index (χ1v) is 7.12. The molecule has 0 aliphatic heterocycles. The maximum atomic E-state index is 13.3. The number of benzene rings is 2. The van der Waals surface area contributed by atoms with Crippen LogP contribution in [0.25, 0.3) is 11.0 Å². The number of nitrogen functional groups attached to an aromatic ring is 1. The smallest absolute Gasteiger partial charge is 0.201 e. The van der Waals surface area contributed by atoms with E-state index in [9.17, 15) is 4.39 Å². The summed E-state index contributed by atoms with van der Waals surface area (Å²) in [6.07, 6.45) is 1.93. The summed E-state index contributed by atoms with van der Waals surface area (Å²) in [4.78, 5) is 4.25. The number of halogens is 1. The zero-order valence-electron chi connectivity index (χ0n) is 12.0. The maximum Gasteiger partial charge on any atom is 0.201 e. The maximum absolute atomic E-state index is 13.3. The molecule has 108 valence electrons. The van der Waals surface area contributed by atoms with Crippen molar-refractivity contribution in [2.45, 2.75) is 25.8 Å². The van der Waals surface area contributed by atoms with E-state index < -0.39 is 0 Å². The van der Waals surface area contributed by atoms with Crippen LogP contribution in [-0.2, 0) is 6.42 Å². The van der Waals surface area contributed by atoms with Crippen molar-refractivity contribution in [3.05, 3.63) is 59.9 Å². The van der Waals surface area contributed by atoms with E-state index in [-0.39, 0.29) is 11.9 Å². The average Bonchev–Trinajstić information content (AvgIpc) is 2.81. The van der Waals surface area contributed by atoms with Crippen LogP contribution in [0.15, 0.2) is 48.5 Å². The van der Waals surface area contributed by atoms with Gasteiger partial charge in [0, 0.05) is 12.1 Å². The second kappa shape index (κ2) is 5.56. The molecular formula is C17H18FN3. The molecule has 2 N–H and O–H groups in total. The van der Waals surface area contributed by atoms with E-state index in [4.69, 9.17) is 5.73 Å². The number of aryl methyl sites for hydroxylation is 1. The van der Waals surface area contributed by atoms with Crippen molar-refractivity contribution in [3.8, 4) is 0 Å². The molecule has 0 saturated heterocycles. The molecule has 3 aromatic rings. The third kappa shape index (κ3) is 2.75. The number of fused-ring (bicyclic) bond motifs is 1. The van der Waals surface area contributed by atoms with Crippen molar-refractivity contribution in [1.82, 2.24) is 9.55 Å². The Hall–Kier alpha value is -2.36. The number of anilines is 1. The van der Waals surface area contributed by atoms with E-state index in [0.29, 0.717) is 11.5 Å². The lowest BCUT2D eigenvalue weighted by Crippen LogP contribution is -2.09. The van der Waals surface area contributed by atoms with E-state index >= 15 is 0 Å². The summed E-state index contributed by atoms with van der Waals surface area (Å²) in [5, 5.41) is 0. The zero-order valence-corrected chi connectivity index (χ0v) is 12.0. The van der Waals surface area contributed by atoms with Gasteiger partial charge >= 0.3 is 0 Å². The lowest BCUT2D eigenvalue weighted by Gasteiger charge is -2.16. The third-order valence-corrected chi connectivity index (χ3v) is 3.81. The number of nitrogens with zero attached hydrogens (tertiary/aromatic N) is 2. The molecule has 2 aromatic carbocycles. The molecule has 4 heteroatoms. The predicted molar refractivity (Wildman–Crippen MR) is 83.6 cm³/mol. The Labute approximate surface area is 123 Å². The molecular weight excluding hydrogens is 265 g/mol. The van der Waals surface area contributed by atoms with Crippen molar-refractivity contribution >= 4 is 17.0 Å². The Morgan fingerprint density at radius 3 is 2.71 bits per heavy atom. The molecule has 0 fully saturated rings. The molecule has 0 aliphatic carbocycles. The highest BCUT2D eigenvalue weighted by Gasteiger charge is 2.14. The highest BCUT2D eigenvalue weighted by molar-refractivity contribution is 5.78. The van der Waals surface area contributed by atoms with Crippen LogP contribution in [-0.4, -0.2) is 9.55 Å². The third-order valence-electron chi connectivity index (χ3n) is 3.81. The zero-order chi connectivity index (χ0) is 14.8.